The number of nitrogens with zero attached hydrogens (tertiary/aromatic N) is 3. The molecule has 1 aromatic rings. The molecule has 1 aromatic heterocycles. The first-order chi connectivity index (χ1) is 8.78. The van der Waals surface area contributed by atoms with Crippen molar-refractivity contribution in [1.29, 1.82) is 0 Å². The minimum Gasteiger partial charge on any atom is -0.315 e. The highest BCUT2D eigenvalue weighted by Crippen LogP contribution is 2.15. The fourth-order valence-corrected chi connectivity index (χ4v) is 2.56. The lowest BCUT2D eigenvalue weighted by Crippen LogP contribution is -2.35. The van der Waals surface area contributed by atoms with Gasteiger partial charge in [-0.3, -0.25) is 15.0 Å². The van der Waals surface area contributed by atoms with Gasteiger partial charge < -0.3 is 5.32 Å². The lowest BCUT2D eigenvalue weighted by Gasteiger charge is -2.17. The number of hydrogen-bond acceptors (Lipinski definition) is 6. The van der Waals surface area contributed by atoms with Crippen LogP contribution < -0.4 is 10.6 Å². The number of aryl methyl sites for hydroxylation is 1. The summed E-state index contributed by atoms with van der Waals surface area (Å²) < 4.78 is 0. The van der Waals surface area contributed by atoms with Gasteiger partial charge in [-0.2, -0.15) is 0 Å². The van der Waals surface area contributed by atoms with E-state index < -0.39 is 0 Å². The summed E-state index contributed by atoms with van der Waals surface area (Å²) in [6.45, 7) is 6.33. The van der Waals surface area contributed by atoms with Crippen LogP contribution in [0.2, 0.25) is 0 Å². The van der Waals surface area contributed by atoms with Crippen molar-refractivity contribution in [2.75, 3.05) is 38.0 Å². The van der Waals surface area contributed by atoms with Gasteiger partial charge in [-0.05, 0) is 25.9 Å². The molecule has 0 radical (unpaired) electrons. The highest BCUT2D eigenvalue weighted by molar-refractivity contribution is 7.15. The van der Waals surface area contributed by atoms with Crippen LogP contribution in [0.25, 0.3) is 0 Å². The third-order valence-electron chi connectivity index (χ3n) is 2.82. The summed E-state index contributed by atoms with van der Waals surface area (Å²) in [7, 11) is 0. The monoisotopic (exact) mass is 269 g/mol. The van der Waals surface area contributed by atoms with E-state index in [-0.39, 0.29) is 5.91 Å². The quantitative estimate of drug-likeness (QED) is 0.824. The van der Waals surface area contributed by atoms with Gasteiger partial charge in [0, 0.05) is 13.1 Å². The van der Waals surface area contributed by atoms with E-state index in [1.165, 1.54) is 11.3 Å². The summed E-state index contributed by atoms with van der Waals surface area (Å²) in [4.78, 5) is 14.0. The van der Waals surface area contributed by atoms with Crippen molar-refractivity contribution in [1.82, 2.24) is 20.4 Å². The van der Waals surface area contributed by atoms with Crippen molar-refractivity contribution in [3.05, 3.63) is 5.01 Å². The van der Waals surface area contributed by atoms with E-state index in [9.17, 15) is 4.79 Å². The number of aromatic nitrogens is 2. The van der Waals surface area contributed by atoms with Crippen LogP contribution in [0.4, 0.5) is 5.13 Å². The van der Waals surface area contributed by atoms with E-state index in [0.717, 1.165) is 44.0 Å². The molecule has 1 aliphatic heterocycles. The second-order valence-corrected chi connectivity index (χ2v) is 5.34. The Bertz CT molecular complexity index is 387. The molecule has 2 rings (SSSR count). The van der Waals surface area contributed by atoms with Crippen molar-refractivity contribution in [3.63, 3.8) is 0 Å². The van der Waals surface area contributed by atoms with Crippen molar-refractivity contribution < 1.29 is 4.79 Å². The molecule has 18 heavy (non-hydrogen) atoms. The Labute approximate surface area is 111 Å². The van der Waals surface area contributed by atoms with E-state index in [4.69, 9.17) is 0 Å². The van der Waals surface area contributed by atoms with Gasteiger partial charge >= 0.3 is 0 Å². The van der Waals surface area contributed by atoms with Gasteiger partial charge in [0.1, 0.15) is 5.01 Å². The first-order valence-corrected chi connectivity index (χ1v) is 7.15. The largest absolute Gasteiger partial charge is 0.315 e. The molecule has 1 amide bonds. The Morgan fingerprint density at radius 1 is 1.44 bits per heavy atom. The van der Waals surface area contributed by atoms with Crippen molar-refractivity contribution in [3.8, 4) is 0 Å². The normalized spacial score (nSPS) is 17.4. The van der Waals surface area contributed by atoms with Crippen molar-refractivity contribution in [2.45, 2.75) is 19.8 Å². The number of nitrogens with one attached hydrogen (secondary N) is 2. The van der Waals surface area contributed by atoms with Crippen LogP contribution in [-0.2, 0) is 11.2 Å². The topological polar surface area (TPSA) is 70.2 Å². The van der Waals surface area contributed by atoms with Gasteiger partial charge in [0.15, 0.2) is 0 Å². The van der Waals surface area contributed by atoms with E-state index >= 15 is 0 Å². The molecule has 0 spiro atoms. The van der Waals surface area contributed by atoms with Gasteiger partial charge in [0.05, 0.1) is 6.54 Å². The molecule has 0 aliphatic carbocycles. The average molecular weight is 269 g/mol. The molecule has 0 saturated carbocycles. The summed E-state index contributed by atoms with van der Waals surface area (Å²) in [5.41, 5.74) is 0. The highest BCUT2D eigenvalue weighted by Gasteiger charge is 2.14. The predicted molar refractivity (Wildman–Crippen MR) is 71.8 cm³/mol. The number of carbonyl (C=O) groups excluding carboxylic acids is 1. The maximum atomic E-state index is 11.9. The van der Waals surface area contributed by atoms with Gasteiger partial charge in [-0.1, -0.05) is 18.3 Å². The molecule has 1 fully saturated rings. The smallest absolute Gasteiger partial charge is 0.240 e. The first kappa shape index (κ1) is 13.4. The number of amides is 1. The number of hydrogen-bond donors (Lipinski definition) is 2. The molecule has 7 heteroatoms. The van der Waals surface area contributed by atoms with Crippen molar-refractivity contribution >= 4 is 22.4 Å². The Morgan fingerprint density at radius 2 is 2.33 bits per heavy atom. The van der Waals surface area contributed by atoms with Gasteiger partial charge in [0.2, 0.25) is 11.0 Å². The SMILES string of the molecule is CCc1nnc(NC(=O)CN2CCCNCC2)s1. The third kappa shape index (κ3) is 4.01. The Kier molecular flexibility index (Phi) is 5.03. The van der Waals surface area contributed by atoms with Gasteiger partial charge in [-0.25, -0.2) is 0 Å². The number of anilines is 1. The van der Waals surface area contributed by atoms with Crippen LogP contribution in [0.5, 0.6) is 0 Å². The fourth-order valence-electron chi connectivity index (χ4n) is 1.87. The van der Waals surface area contributed by atoms with Crippen LogP contribution in [0.3, 0.4) is 0 Å². The van der Waals surface area contributed by atoms with Crippen LogP contribution >= 0.6 is 11.3 Å². The predicted octanol–water partition coefficient (Wildman–Crippen LogP) is 0.334. The Morgan fingerprint density at radius 3 is 3.11 bits per heavy atom. The maximum absolute atomic E-state index is 11.9. The number of rotatable bonds is 4. The molecule has 2 heterocycles. The molecular formula is C11H19N5OS. The fraction of sp³-hybridized carbons (Fsp3) is 0.727. The summed E-state index contributed by atoms with van der Waals surface area (Å²) >= 11 is 1.44. The van der Waals surface area contributed by atoms with E-state index in [1.807, 2.05) is 6.92 Å². The maximum Gasteiger partial charge on any atom is 0.240 e. The Hall–Kier alpha value is -1.05. The van der Waals surface area contributed by atoms with Crippen LogP contribution in [0.15, 0.2) is 0 Å². The minimum absolute atomic E-state index is 0.00398. The molecule has 1 aliphatic rings. The van der Waals surface area contributed by atoms with Gasteiger partial charge in [0.25, 0.3) is 0 Å². The molecule has 0 aromatic carbocycles. The second kappa shape index (κ2) is 6.77. The molecule has 1 saturated heterocycles. The molecule has 0 atom stereocenters. The Balaban J connectivity index is 1.80. The van der Waals surface area contributed by atoms with Crippen LogP contribution in [0, 0.1) is 0 Å². The standard InChI is InChI=1S/C11H19N5OS/c1-2-10-14-15-11(18-10)13-9(17)8-16-6-3-4-12-5-7-16/h12H,2-8H2,1H3,(H,13,15,17). The summed E-state index contributed by atoms with van der Waals surface area (Å²) in [5, 5.41) is 15.6. The molecule has 2 N–H and O–H groups in total. The van der Waals surface area contributed by atoms with E-state index in [0.29, 0.717) is 11.7 Å². The van der Waals surface area contributed by atoms with E-state index in [1.54, 1.807) is 0 Å². The summed E-state index contributed by atoms with van der Waals surface area (Å²) in [5.74, 6) is -0.00398. The molecule has 0 unspecified atom stereocenters. The van der Waals surface area contributed by atoms with Crippen molar-refractivity contribution in [2.24, 2.45) is 0 Å². The zero-order valence-electron chi connectivity index (χ0n) is 10.6. The lowest BCUT2D eigenvalue weighted by atomic mass is 10.4. The van der Waals surface area contributed by atoms with Crippen LogP contribution in [-0.4, -0.2) is 53.7 Å². The molecular weight excluding hydrogens is 250 g/mol. The third-order valence-corrected chi connectivity index (χ3v) is 3.80. The zero-order chi connectivity index (χ0) is 12.8. The zero-order valence-corrected chi connectivity index (χ0v) is 11.4. The summed E-state index contributed by atoms with van der Waals surface area (Å²) in [6.07, 6.45) is 1.94. The van der Waals surface area contributed by atoms with E-state index in [2.05, 4.69) is 25.7 Å². The minimum atomic E-state index is -0.00398. The molecule has 6 nitrogen and oxygen atoms in total. The second-order valence-electron chi connectivity index (χ2n) is 4.28. The lowest BCUT2D eigenvalue weighted by molar-refractivity contribution is -0.117. The van der Waals surface area contributed by atoms with Crippen LogP contribution in [0.1, 0.15) is 18.4 Å². The summed E-state index contributed by atoms with van der Waals surface area (Å²) in [6, 6.07) is 0. The molecule has 100 valence electrons. The number of carbonyl (C=O) groups is 1. The first-order valence-electron chi connectivity index (χ1n) is 6.33. The average Bonchev–Trinajstić information content (AvgIpc) is 2.65. The highest BCUT2D eigenvalue weighted by atomic mass is 32.1. The molecule has 0 bridgehead atoms. The van der Waals surface area contributed by atoms with Gasteiger partial charge in [-0.15, -0.1) is 10.2 Å².